The van der Waals surface area contributed by atoms with E-state index in [-0.39, 0.29) is 11.5 Å². The van der Waals surface area contributed by atoms with Gasteiger partial charge in [0.1, 0.15) is 0 Å². The molecule has 0 saturated carbocycles. The van der Waals surface area contributed by atoms with E-state index in [1.165, 1.54) is 0 Å². The van der Waals surface area contributed by atoms with Crippen molar-refractivity contribution in [3.8, 4) is 0 Å². The molecule has 1 heterocycles. The maximum Gasteiger partial charge on any atom is 0.244 e. The highest BCUT2D eigenvalue weighted by Crippen LogP contribution is 2.29. The van der Waals surface area contributed by atoms with Crippen LogP contribution in [-0.4, -0.2) is 10.1 Å². The van der Waals surface area contributed by atoms with E-state index < -0.39 is 0 Å². The predicted molar refractivity (Wildman–Crippen MR) is 79.9 cm³/mol. The summed E-state index contributed by atoms with van der Waals surface area (Å²) >= 11 is 12.0. The van der Waals surface area contributed by atoms with Gasteiger partial charge in [0.25, 0.3) is 0 Å². The van der Waals surface area contributed by atoms with Crippen LogP contribution in [-0.2, 0) is 6.42 Å². The summed E-state index contributed by atoms with van der Waals surface area (Å²) in [5.74, 6) is 1.00. The molecule has 0 fully saturated rings. The van der Waals surface area contributed by atoms with E-state index in [4.69, 9.17) is 33.5 Å². The highest BCUT2D eigenvalue weighted by Gasteiger charge is 2.27. The lowest BCUT2D eigenvalue weighted by molar-refractivity contribution is 0.252. The molecule has 20 heavy (non-hydrogen) atoms. The third-order valence-electron chi connectivity index (χ3n) is 3.05. The van der Waals surface area contributed by atoms with Crippen molar-refractivity contribution in [2.45, 2.75) is 33.2 Å². The van der Waals surface area contributed by atoms with Crippen molar-refractivity contribution in [1.29, 1.82) is 0 Å². The Morgan fingerprint density at radius 3 is 2.60 bits per heavy atom. The first-order valence-corrected chi connectivity index (χ1v) is 7.05. The van der Waals surface area contributed by atoms with Crippen molar-refractivity contribution in [2.75, 3.05) is 0 Å². The van der Waals surface area contributed by atoms with Crippen LogP contribution < -0.4 is 5.73 Å². The lowest BCUT2D eigenvalue weighted by Crippen LogP contribution is -2.26. The Labute approximate surface area is 128 Å². The van der Waals surface area contributed by atoms with Crippen LogP contribution in [0, 0.1) is 5.41 Å². The highest BCUT2D eigenvalue weighted by atomic mass is 35.5. The maximum absolute atomic E-state index is 6.13. The van der Waals surface area contributed by atoms with Gasteiger partial charge >= 0.3 is 0 Å². The molecule has 0 amide bonds. The first kappa shape index (κ1) is 15.3. The standard InChI is InChI=1S/C14H17Cl2N3O/c1-14(2,3)12(17)13-18-11(19-20-13)6-8-4-5-9(15)7-10(8)16/h4-5,7,12H,6,17H2,1-3H3. The average molecular weight is 314 g/mol. The third kappa shape index (κ3) is 3.51. The first-order valence-electron chi connectivity index (χ1n) is 6.29. The van der Waals surface area contributed by atoms with Gasteiger partial charge in [-0.05, 0) is 23.1 Å². The summed E-state index contributed by atoms with van der Waals surface area (Å²) < 4.78 is 5.23. The van der Waals surface area contributed by atoms with Gasteiger partial charge in [-0.3, -0.25) is 0 Å². The van der Waals surface area contributed by atoms with Gasteiger partial charge in [-0.25, -0.2) is 0 Å². The Balaban J connectivity index is 2.18. The second kappa shape index (κ2) is 5.72. The van der Waals surface area contributed by atoms with E-state index in [2.05, 4.69) is 10.1 Å². The van der Waals surface area contributed by atoms with Crippen LogP contribution in [0.25, 0.3) is 0 Å². The summed E-state index contributed by atoms with van der Waals surface area (Å²) in [6, 6.07) is 5.03. The van der Waals surface area contributed by atoms with Crippen molar-refractivity contribution >= 4 is 23.2 Å². The number of nitrogens with zero attached hydrogens (tertiary/aromatic N) is 2. The number of aromatic nitrogens is 2. The van der Waals surface area contributed by atoms with Gasteiger partial charge < -0.3 is 10.3 Å². The molecular formula is C14H17Cl2N3O. The second-order valence-electron chi connectivity index (χ2n) is 5.81. The zero-order valence-corrected chi connectivity index (χ0v) is 13.2. The molecule has 0 aliphatic heterocycles. The molecule has 0 saturated heterocycles. The molecule has 0 aliphatic carbocycles. The van der Waals surface area contributed by atoms with E-state index in [9.17, 15) is 0 Å². The van der Waals surface area contributed by atoms with Crippen LogP contribution in [0.3, 0.4) is 0 Å². The molecule has 108 valence electrons. The molecule has 2 N–H and O–H groups in total. The normalized spacial score (nSPS) is 13.5. The van der Waals surface area contributed by atoms with E-state index >= 15 is 0 Å². The summed E-state index contributed by atoms with van der Waals surface area (Å²) in [6.07, 6.45) is 0.483. The predicted octanol–water partition coefficient (Wildman–Crippen LogP) is 4.01. The second-order valence-corrected chi connectivity index (χ2v) is 6.65. The molecule has 2 rings (SSSR count). The molecule has 1 aromatic carbocycles. The molecule has 4 nitrogen and oxygen atoms in total. The molecule has 6 heteroatoms. The summed E-state index contributed by atoms with van der Waals surface area (Å²) in [5, 5.41) is 5.14. The van der Waals surface area contributed by atoms with Gasteiger partial charge in [0.05, 0.1) is 6.04 Å². The number of hydrogen-bond donors (Lipinski definition) is 1. The topological polar surface area (TPSA) is 64.9 Å². The van der Waals surface area contributed by atoms with E-state index in [0.29, 0.717) is 28.2 Å². The lowest BCUT2D eigenvalue weighted by atomic mass is 9.87. The van der Waals surface area contributed by atoms with Crippen LogP contribution in [0.5, 0.6) is 0 Å². The largest absolute Gasteiger partial charge is 0.338 e. The minimum Gasteiger partial charge on any atom is -0.338 e. The van der Waals surface area contributed by atoms with Crippen LogP contribution in [0.2, 0.25) is 10.0 Å². The Morgan fingerprint density at radius 2 is 2.00 bits per heavy atom. The van der Waals surface area contributed by atoms with Gasteiger partial charge in [0.2, 0.25) is 5.89 Å². The molecule has 0 aliphatic rings. The number of halogens is 2. The zero-order chi connectivity index (χ0) is 14.9. The molecule has 1 unspecified atom stereocenters. The van der Waals surface area contributed by atoms with Gasteiger partial charge in [0.15, 0.2) is 5.82 Å². The Morgan fingerprint density at radius 1 is 1.30 bits per heavy atom. The van der Waals surface area contributed by atoms with E-state index in [1.54, 1.807) is 12.1 Å². The van der Waals surface area contributed by atoms with Crippen molar-refractivity contribution < 1.29 is 4.52 Å². The number of benzene rings is 1. The minimum absolute atomic E-state index is 0.137. The Hall–Kier alpha value is -1.10. The molecule has 0 spiro atoms. The monoisotopic (exact) mass is 313 g/mol. The van der Waals surface area contributed by atoms with E-state index in [0.717, 1.165) is 5.56 Å². The average Bonchev–Trinajstić information content (AvgIpc) is 2.79. The number of hydrogen-bond acceptors (Lipinski definition) is 4. The van der Waals surface area contributed by atoms with Crippen molar-refractivity contribution in [2.24, 2.45) is 11.1 Å². The minimum atomic E-state index is -0.301. The molecular weight excluding hydrogens is 297 g/mol. The highest BCUT2D eigenvalue weighted by molar-refractivity contribution is 6.35. The molecule has 1 atom stereocenters. The van der Waals surface area contributed by atoms with Crippen LogP contribution in [0.4, 0.5) is 0 Å². The summed E-state index contributed by atoms with van der Waals surface area (Å²) in [7, 11) is 0. The van der Waals surface area contributed by atoms with Crippen LogP contribution >= 0.6 is 23.2 Å². The lowest BCUT2D eigenvalue weighted by Gasteiger charge is -2.23. The quantitative estimate of drug-likeness (QED) is 0.929. The van der Waals surface area contributed by atoms with Crippen molar-refractivity contribution in [3.63, 3.8) is 0 Å². The molecule has 0 bridgehead atoms. The number of rotatable bonds is 3. The van der Waals surface area contributed by atoms with Gasteiger partial charge in [-0.1, -0.05) is 55.2 Å². The summed E-state index contributed by atoms with van der Waals surface area (Å²) in [5.41, 5.74) is 6.85. The first-order chi connectivity index (χ1) is 9.27. The van der Waals surface area contributed by atoms with Gasteiger partial charge in [-0.2, -0.15) is 4.98 Å². The fourth-order valence-electron chi connectivity index (χ4n) is 1.67. The number of nitrogens with two attached hydrogens (primary N) is 1. The van der Waals surface area contributed by atoms with Crippen LogP contribution in [0.1, 0.15) is 44.1 Å². The summed E-state index contributed by atoms with van der Waals surface area (Å²) in [4.78, 5) is 4.34. The SMILES string of the molecule is CC(C)(C)C(N)c1nc(Cc2ccc(Cl)cc2Cl)no1. The fourth-order valence-corrected chi connectivity index (χ4v) is 2.15. The maximum atomic E-state index is 6.13. The van der Waals surface area contributed by atoms with Crippen molar-refractivity contribution in [1.82, 2.24) is 10.1 Å². The third-order valence-corrected chi connectivity index (χ3v) is 3.63. The van der Waals surface area contributed by atoms with Crippen LogP contribution in [0.15, 0.2) is 22.7 Å². The molecule has 1 aromatic heterocycles. The van der Waals surface area contributed by atoms with E-state index in [1.807, 2.05) is 26.8 Å². The smallest absolute Gasteiger partial charge is 0.244 e. The van der Waals surface area contributed by atoms with Gasteiger partial charge in [-0.15, -0.1) is 0 Å². The zero-order valence-electron chi connectivity index (χ0n) is 11.7. The van der Waals surface area contributed by atoms with Gasteiger partial charge in [0, 0.05) is 16.5 Å². The van der Waals surface area contributed by atoms with Crippen molar-refractivity contribution in [3.05, 3.63) is 45.5 Å². The fraction of sp³-hybridized carbons (Fsp3) is 0.429. The Bertz CT molecular complexity index is 605. The molecule has 0 radical (unpaired) electrons. The Kier molecular flexibility index (Phi) is 4.37. The summed E-state index contributed by atoms with van der Waals surface area (Å²) in [6.45, 7) is 6.08. The molecule has 2 aromatic rings.